The van der Waals surface area contributed by atoms with Crippen molar-refractivity contribution < 1.29 is 19.8 Å². The van der Waals surface area contributed by atoms with Crippen LogP contribution < -0.4 is 0 Å². The van der Waals surface area contributed by atoms with E-state index in [-0.39, 0.29) is 18.9 Å². The number of rotatable bonds is 6. The van der Waals surface area contributed by atoms with Gasteiger partial charge in [0.1, 0.15) is 5.41 Å². The van der Waals surface area contributed by atoms with Gasteiger partial charge in [0, 0.05) is 23.7 Å². The van der Waals surface area contributed by atoms with Crippen LogP contribution in [0.15, 0.2) is 54.6 Å². The Hall–Kier alpha value is -2.37. The smallest absolute Gasteiger partial charge is 0.314 e. The van der Waals surface area contributed by atoms with Gasteiger partial charge in [-0.3, -0.25) is 9.59 Å². The number of hydrogen-bond acceptors (Lipinski definition) is 3. The summed E-state index contributed by atoms with van der Waals surface area (Å²) in [6.45, 7) is 0.329. The van der Waals surface area contributed by atoms with E-state index in [4.69, 9.17) is 11.6 Å². The van der Waals surface area contributed by atoms with Crippen molar-refractivity contribution in [3.8, 4) is 0 Å². The number of carbonyl (C=O) groups is 2. The van der Waals surface area contributed by atoms with Gasteiger partial charge in [-0.2, -0.15) is 0 Å². The van der Waals surface area contributed by atoms with Gasteiger partial charge >= 0.3 is 5.97 Å². The van der Waals surface area contributed by atoms with E-state index in [1.165, 1.54) is 4.90 Å². The van der Waals surface area contributed by atoms with Gasteiger partial charge in [-0.1, -0.05) is 41.9 Å². The largest absolute Gasteiger partial charge is 0.481 e. The predicted molar refractivity (Wildman–Crippen MR) is 107 cm³/mol. The van der Waals surface area contributed by atoms with Crippen LogP contribution in [0.1, 0.15) is 35.2 Å². The summed E-state index contributed by atoms with van der Waals surface area (Å²) in [6.07, 6.45) is 0.930. The fourth-order valence-corrected chi connectivity index (χ4v) is 3.97. The van der Waals surface area contributed by atoms with Gasteiger partial charge in [-0.15, -0.1) is 0 Å². The quantitative estimate of drug-likeness (QED) is 0.774. The summed E-state index contributed by atoms with van der Waals surface area (Å²) in [5.41, 5.74) is 0.238. The molecule has 2 aromatic carbocycles. The average molecular weight is 402 g/mol. The molecule has 0 aromatic heterocycles. The maximum absolute atomic E-state index is 12.8. The van der Waals surface area contributed by atoms with E-state index in [9.17, 15) is 19.8 Å². The topological polar surface area (TPSA) is 77.8 Å². The first-order valence-corrected chi connectivity index (χ1v) is 9.80. The van der Waals surface area contributed by atoms with Crippen molar-refractivity contribution in [3.05, 3.63) is 70.7 Å². The van der Waals surface area contributed by atoms with Gasteiger partial charge in [0.2, 0.25) is 0 Å². The Morgan fingerprint density at radius 1 is 1.11 bits per heavy atom. The number of halogens is 1. The minimum Gasteiger partial charge on any atom is -0.481 e. The summed E-state index contributed by atoms with van der Waals surface area (Å²) in [6, 6.07) is 16.4. The molecule has 0 spiro atoms. The molecule has 5 nitrogen and oxygen atoms in total. The molecular weight excluding hydrogens is 378 g/mol. The molecular formula is C22H24ClNO4. The Morgan fingerprint density at radius 2 is 1.79 bits per heavy atom. The molecule has 2 N–H and O–H groups in total. The number of aliphatic hydroxyl groups excluding tert-OH is 1. The van der Waals surface area contributed by atoms with Crippen LogP contribution >= 0.6 is 11.6 Å². The van der Waals surface area contributed by atoms with Crippen LogP contribution in [-0.4, -0.2) is 46.2 Å². The third kappa shape index (κ3) is 4.37. The van der Waals surface area contributed by atoms with Crippen molar-refractivity contribution in [1.29, 1.82) is 0 Å². The Kier molecular flexibility index (Phi) is 6.37. The van der Waals surface area contributed by atoms with Crippen LogP contribution in [0, 0.1) is 5.41 Å². The number of aliphatic hydroxyl groups is 1. The summed E-state index contributed by atoms with van der Waals surface area (Å²) in [5.74, 6) is -1.29. The number of amides is 1. The number of carboxylic acid groups (broad SMARTS) is 1. The highest BCUT2D eigenvalue weighted by molar-refractivity contribution is 6.30. The fourth-order valence-electron chi connectivity index (χ4n) is 3.84. The number of nitrogens with zero attached hydrogens (tertiary/aromatic N) is 1. The molecule has 1 saturated heterocycles. The molecule has 1 amide bonds. The van der Waals surface area contributed by atoms with Crippen molar-refractivity contribution in [3.63, 3.8) is 0 Å². The lowest BCUT2D eigenvalue weighted by molar-refractivity contribution is -0.162. The highest BCUT2D eigenvalue weighted by Gasteiger charge is 2.49. The second-order valence-electron chi connectivity index (χ2n) is 7.34. The van der Waals surface area contributed by atoms with Gasteiger partial charge < -0.3 is 15.1 Å². The van der Waals surface area contributed by atoms with Gasteiger partial charge in [-0.05, 0) is 55.5 Å². The molecule has 1 aliphatic heterocycles. The molecule has 1 aliphatic rings. The van der Waals surface area contributed by atoms with Crippen molar-refractivity contribution >= 4 is 23.5 Å². The maximum Gasteiger partial charge on any atom is 0.314 e. The lowest BCUT2D eigenvalue weighted by Crippen LogP contribution is -2.57. The van der Waals surface area contributed by atoms with Crippen molar-refractivity contribution in [1.82, 2.24) is 4.90 Å². The van der Waals surface area contributed by atoms with E-state index in [0.717, 1.165) is 12.0 Å². The zero-order chi connectivity index (χ0) is 20.1. The Bertz CT molecular complexity index is 824. The summed E-state index contributed by atoms with van der Waals surface area (Å²) < 4.78 is 0. The predicted octanol–water partition coefficient (Wildman–Crippen LogP) is 3.64. The summed E-state index contributed by atoms with van der Waals surface area (Å²) in [5, 5.41) is 21.0. The molecule has 2 aromatic rings. The Balaban J connectivity index is 1.74. The van der Waals surface area contributed by atoms with Crippen molar-refractivity contribution in [2.45, 2.75) is 31.8 Å². The molecule has 0 bridgehead atoms. The van der Waals surface area contributed by atoms with E-state index in [1.54, 1.807) is 24.3 Å². The van der Waals surface area contributed by atoms with Crippen LogP contribution in [0.4, 0.5) is 0 Å². The average Bonchev–Trinajstić information content (AvgIpc) is 2.70. The van der Waals surface area contributed by atoms with Crippen LogP contribution in [-0.2, 0) is 11.2 Å². The molecule has 1 heterocycles. The second-order valence-corrected chi connectivity index (χ2v) is 7.77. The highest BCUT2D eigenvalue weighted by atomic mass is 35.5. The van der Waals surface area contributed by atoms with E-state index in [2.05, 4.69) is 0 Å². The van der Waals surface area contributed by atoms with E-state index in [1.807, 2.05) is 30.3 Å². The van der Waals surface area contributed by atoms with Gasteiger partial charge in [0.15, 0.2) is 0 Å². The number of hydrogen-bond donors (Lipinski definition) is 2. The van der Waals surface area contributed by atoms with E-state index >= 15 is 0 Å². The number of aliphatic carboxylic acids is 1. The maximum atomic E-state index is 12.8. The number of likely N-dealkylation sites (tertiary alicyclic amines) is 1. The molecule has 1 fully saturated rings. The summed E-state index contributed by atoms with van der Waals surface area (Å²) in [4.78, 5) is 26.5. The molecule has 28 heavy (non-hydrogen) atoms. The normalized spacial score (nSPS) is 22.1. The lowest BCUT2D eigenvalue weighted by Gasteiger charge is -2.43. The number of aryl methyl sites for hydroxylation is 1. The second kappa shape index (κ2) is 8.76. The monoisotopic (exact) mass is 401 g/mol. The molecule has 148 valence electrons. The van der Waals surface area contributed by atoms with Crippen LogP contribution in [0.3, 0.4) is 0 Å². The first kappa shape index (κ1) is 20.4. The summed E-state index contributed by atoms with van der Waals surface area (Å²) in [7, 11) is 0. The van der Waals surface area contributed by atoms with E-state index in [0.29, 0.717) is 30.0 Å². The minimum absolute atomic E-state index is 0.000249. The van der Waals surface area contributed by atoms with Crippen LogP contribution in [0.25, 0.3) is 0 Å². The van der Waals surface area contributed by atoms with Gasteiger partial charge in [0.25, 0.3) is 5.91 Å². The third-order valence-corrected chi connectivity index (χ3v) is 5.77. The first-order chi connectivity index (χ1) is 13.4. The van der Waals surface area contributed by atoms with Gasteiger partial charge in [-0.25, -0.2) is 0 Å². The molecule has 0 unspecified atom stereocenters. The number of carboxylic acids is 1. The number of carbonyl (C=O) groups excluding carboxylic acids is 1. The molecule has 3 rings (SSSR count). The Labute approximate surface area is 169 Å². The Morgan fingerprint density at radius 3 is 2.43 bits per heavy atom. The molecule has 0 aliphatic carbocycles. The van der Waals surface area contributed by atoms with Gasteiger partial charge in [0.05, 0.1) is 6.10 Å². The minimum atomic E-state index is -1.35. The standard InChI is InChI=1S/C22H24ClNO4/c23-18-10-8-17(9-11-18)20(26)24-14-12-19(25)22(15-24,21(27)28)13-4-7-16-5-2-1-3-6-16/h1-3,5-6,8-11,19,25H,4,7,12-15H2,(H,27,28)/t19-,22+/m0/s1. The SMILES string of the molecule is O=C(c1ccc(Cl)cc1)N1CC[C@H](O)[C@](CCCc2ccccc2)(C(=O)O)C1. The van der Waals surface area contributed by atoms with Crippen LogP contribution in [0.2, 0.25) is 5.02 Å². The molecule has 0 radical (unpaired) electrons. The third-order valence-electron chi connectivity index (χ3n) is 5.52. The van der Waals surface area contributed by atoms with Crippen molar-refractivity contribution in [2.24, 2.45) is 5.41 Å². The zero-order valence-electron chi connectivity index (χ0n) is 15.6. The van der Waals surface area contributed by atoms with Crippen molar-refractivity contribution in [2.75, 3.05) is 13.1 Å². The fraction of sp³-hybridized carbons (Fsp3) is 0.364. The summed E-state index contributed by atoms with van der Waals surface area (Å²) >= 11 is 5.88. The first-order valence-electron chi connectivity index (χ1n) is 9.42. The van der Waals surface area contributed by atoms with Crippen LogP contribution in [0.5, 0.6) is 0 Å². The van der Waals surface area contributed by atoms with E-state index < -0.39 is 17.5 Å². The lowest BCUT2D eigenvalue weighted by atomic mass is 9.73. The number of piperidine rings is 1. The zero-order valence-corrected chi connectivity index (χ0v) is 16.3. The molecule has 2 atom stereocenters. The molecule has 0 saturated carbocycles. The molecule has 6 heteroatoms. The highest BCUT2D eigenvalue weighted by Crippen LogP contribution is 2.36. The number of benzene rings is 2.